The molecule has 1 spiro atoms. The highest BCUT2D eigenvalue weighted by Gasteiger charge is 2.69. The summed E-state index contributed by atoms with van der Waals surface area (Å²) < 4.78 is 13.4. The number of carbonyl (C=O) groups excluding carboxylic acids is 1. The Morgan fingerprint density at radius 3 is 2.55 bits per heavy atom. The van der Waals surface area contributed by atoms with Crippen molar-refractivity contribution in [2.75, 3.05) is 6.61 Å². The van der Waals surface area contributed by atoms with Crippen molar-refractivity contribution in [1.82, 2.24) is 0 Å². The Morgan fingerprint density at radius 2 is 1.81 bits per heavy atom. The van der Waals surface area contributed by atoms with E-state index in [0.717, 1.165) is 43.6 Å². The fourth-order valence-electron chi connectivity index (χ4n) is 10.1. The third kappa shape index (κ3) is 2.86. The molecule has 31 heavy (non-hydrogen) atoms. The number of carbonyl (C=O) groups is 1. The van der Waals surface area contributed by atoms with Gasteiger partial charge >= 0.3 is 0 Å². The van der Waals surface area contributed by atoms with E-state index in [-0.39, 0.29) is 10.6 Å². The molecule has 2 saturated heterocycles. The molecule has 4 heteroatoms. The van der Waals surface area contributed by atoms with E-state index in [1.54, 1.807) is 0 Å². The van der Waals surface area contributed by atoms with Gasteiger partial charge in [-0.1, -0.05) is 43.6 Å². The molecule has 4 aliphatic carbocycles. The van der Waals surface area contributed by atoms with E-state index < -0.39 is 0 Å². The lowest BCUT2D eigenvalue weighted by atomic mass is 9.44. The smallest absolute Gasteiger partial charge is 0.171 e. The first-order chi connectivity index (χ1) is 14.7. The lowest BCUT2D eigenvalue weighted by molar-refractivity contribution is -0.273. The third-order valence-corrected chi connectivity index (χ3v) is 12.6. The molecule has 0 aromatic rings. The molecule has 12 atom stereocenters. The minimum atomic E-state index is -0.302. The van der Waals surface area contributed by atoms with Crippen molar-refractivity contribution in [2.24, 2.45) is 52.3 Å². The fraction of sp³-hybridized carbons (Fsp3) is 0.963. The molecule has 6 rings (SSSR count). The summed E-state index contributed by atoms with van der Waals surface area (Å²) in [6, 6.07) is 0. The van der Waals surface area contributed by atoms with Crippen molar-refractivity contribution < 1.29 is 14.3 Å². The standard InChI is InChI=1S/C27H41BrO3/c1-15-7-10-27(30-14-15)16(2)24-23(31-27)12-20-18-6-5-17-11-22(29)21(28)13-26(17,4)19(18)8-9-25(20,24)3/h15-21,23-24H,5-14H2,1-4H3/t15-,16+,17+,18-,19+,20+,21-,23+,24+,25+,26+,27-/m1/s1. The van der Waals surface area contributed by atoms with Crippen LogP contribution >= 0.6 is 15.9 Å². The summed E-state index contributed by atoms with van der Waals surface area (Å²) in [4.78, 5) is 12.5. The number of ether oxygens (including phenoxy) is 2. The summed E-state index contributed by atoms with van der Waals surface area (Å²) in [5.74, 6) is 4.96. The Bertz CT molecular complexity index is 760. The van der Waals surface area contributed by atoms with Crippen LogP contribution in [0, 0.1) is 52.3 Å². The Balaban J connectivity index is 1.27. The zero-order valence-corrected chi connectivity index (χ0v) is 21.5. The van der Waals surface area contributed by atoms with E-state index in [0.29, 0.717) is 46.4 Å². The molecule has 2 heterocycles. The summed E-state index contributed by atoms with van der Waals surface area (Å²) in [5.41, 5.74) is 0.725. The minimum absolute atomic E-state index is 0.0813. The van der Waals surface area contributed by atoms with Gasteiger partial charge in [0.05, 0.1) is 17.5 Å². The van der Waals surface area contributed by atoms with Gasteiger partial charge in [-0.2, -0.15) is 0 Å². The Morgan fingerprint density at radius 1 is 1.00 bits per heavy atom. The number of halogens is 1. The first-order valence-electron chi connectivity index (χ1n) is 13.2. The molecule has 2 aliphatic heterocycles. The van der Waals surface area contributed by atoms with Crippen LogP contribution in [0.4, 0.5) is 0 Å². The van der Waals surface area contributed by atoms with Crippen LogP contribution in [0.2, 0.25) is 0 Å². The van der Waals surface area contributed by atoms with E-state index >= 15 is 0 Å². The van der Waals surface area contributed by atoms with Crippen LogP contribution in [-0.2, 0) is 14.3 Å². The number of hydrogen-bond acceptors (Lipinski definition) is 3. The van der Waals surface area contributed by atoms with Gasteiger partial charge in [0.25, 0.3) is 0 Å². The van der Waals surface area contributed by atoms with E-state index in [4.69, 9.17) is 9.47 Å². The van der Waals surface area contributed by atoms with Gasteiger partial charge in [0.15, 0.2) is 5.79 Å². The van der Waals surface area contributed by atoms with Crippen LogP contribution in [0.15, 0.2) is 0 Å². The number of ketones is 1. The van der Waals surface area contributed by atoms with E-state index in [1.165, 1.54) is 38.5 Å². The highest BCUT2D eigenvalue weighted by molar-refractivity contribution is 9.10. The summed E-state index contributed by atoms with van der Waals surface area (Å²) in [6.45, 7) is 10.8. The van der Waals surface area contributed by atoms with E-state index in [9.17, 15) is 4.79 Å². The van der Waals surface area contributed by atoms with Crippen molar-refractivity contribution in [3.8, 4) is 0 Å². The van der Waals surface area contributed by atoms with Crippen molar-refractivity contribution in [3.05, 3.63) is 0 Å². The molecule has 0 radical (unpaired) electrons. The number of hydrogen-bond donors (Lipinski definition) is 0. The zero-order chi connectivity index (χ0) is 21.8. The molecule has 0 aromatic heterocycles. The number of alkyl halides is 1. The SMILES string of the molecule is C[C@@H]1CC[C@@]2(OC1)O[C@H]1C[C@H]3[C@@H]4CC[C@H]5CC(=O)[C@H](Br)C[C@]5(C)[C@H]4CC[C@]3(C)[C@H]1[C@@H]2C. The predicted molar refractivity (Wildman–Crippen MR) is 125 cm³/mol. The minimum Gasteiger partial charge on any atom is -0.349 e. The Kier molecular flexibility index (Phi) is 4.91. The van der Waals surface area contributed by atoms with E-state index in [2.05, 4.69) is 43.6 Å². The van der Waals surface area contributed by atoms with Gasteiger partial charge in [-0.15, -0.1) is 0 Å². The van der Waals surface area contributed by atoms with Crippen molar-refractivity contribution in [1.29, 1.82) is 0 Å². The Hall–Kier alpha value is 0.0700. The molecule has 174 valence electrons. The molecular formula is C27H41BrO3. The summed E-state index contributed by atoms with van der Waals surface area (Å²) in [6.07, 6.45) is 11.1. The number of Topliss-reactive ketones (excluding diaryl/α,β-unsaturated/α-hetero) is 1. The maximum Gasteiger partial charge on any atom is 0.171 e. The van der Waals surface area contributed by atoms with Gasteiger partial charge in [0.1, 0.15) is 5.78 Å². The molecule has 0 amide bonds. The lowest BCUT2D eigenvalue weighted by Gasteiger charge is -2.61. The average Bonchev–Trinajstić information content (AvgIpc) is 3.16. The van der Waals surface area contributed by atoms with Crippen molar-refractivity contribution in [2.45, 2.75) is 102 Å². The molecule has 0 aromatic carbocycles. The second kappa shape index (κ2) is 7.04. The highest BCUT2D eigenvalue weighted by atomic mass is 79.9. The molecule has 6 fully saturated rings. The second-order valence-electron chi connectivity index (χ2n) is 13.0. The molecule has 6 aliphatic rings. The maximum atomic E-state index is 12.4. The predicted octanol–water partition coefficient (Wildman–Crippen LogP) is 6.38. The zero-order valence-electron chi connectivity index (χ0n) is 19.9. The van der Waals surface area contributed by atoms with Crippen LogP contribution in [-0.4, -0.2) is 29.1 Å². The fourth-order valence-corrected chi connectivity index (χ4v) is 11.0. The molecule has 0 N–H and O–H groups in total. The molecule has 0 unspecified atom stereocenters. The lowest BCUT2D eigenvalue weighted by Crippen LogP contribution is -2.56. The van der Waals surface area contributed by atoms with Crippen molar-refractivity contribution in [3.63, 3.8) is 0 Å². The maximum absolute atomic E-state index is 12.4. The molecule has 0 bridgehead atoms. The normalized spacial score (nSPS) is 60.9. The van der Waals surface area contributed by atoms with Crippen LogP contribution in [0.3, 0.4) is 0 Å². The quantitative estimate of drug-likeness (QED) is 0.368. The Labute approximate surface area is 196 Å². The van der Waals surface area contributed by atoms with Gasteiger partial charge in [-0.3, -0.25) is 4.79 Å². The highest BCUT2D eigenvalue weighted by Crippen LogP contribution is 2.71. The van der Waals surface area contributed by atoms with Gasteiger partial charge in [0, 0.05) is 18.8 Å². The van der Waals surface area contributed by atoms with Gasteiger partial charge in [-0.25, -0.2) is 0 Å². The largest absolute Gasteiger partial charge is 0.349 e. The van der Waals surface area contributed by atoms with Gasteiger partial charge in [0.2, 0.25) is 0 Å². The monoisotopic (exact) mass is 492 g/mol. The number of fused-ring (bicyclic) bond motifs is 7. The summed E-state index contributed by atoms with van der Waals surface area (Å²) >= 11 is 3.74. The third-order valence-electron chi connectivity index (χ3n) is 11.7. The first-order valence-corrected chi connectivity index (χ1v) is 14.1. The van der Waals surface area contributed by atoms with Crippen LogP contribution in [0.1, 0.15) is 85.5 Å². The van der Waals surface area contributed by atoms with Crippen LogP contribution in [0.25, 0.3) is 0 Å². The second-order valence-corrected chi connectivity index (χ2v) is 14.1. The van der Waals surface area contributed by atoms with Crippen molar-refractivity contribution >= 4 is 21.7 Å². The van der Waals surface area contributed by atoms with E-state index in [1.807, 2.05) is 0 Å². The topological polar surface area (TPSA) is 35.5 Å². The van der Waals surface area contributed by atoms with Crippen LogP contribution < -0.4 is 0 Å². The molecular weight excluding hydrogens is 452 g/mol. The number of rotatable bonds is 0. The van der Waals surface area contributed by atoms with Crippen LogP contribution in [0.5, 0.6) is 0 Å². The van der Waals surface area contributed by atoms with Gasteiger partial charge in [-0.05, 0) is 91.3 Å². The molecule has 4 saturated carbocycles. The average molecular weight is 494 g/mol. The van der Waals surface area contributed by atoms with Gasteiger partial charge < -0.3 is 9.47 Å². The summed E-state index contributed by atoms with van der Waals surface area (Å²) in [5, 5.41) is 0. The summed E-state index contributed by atoms with van der Waals surface area (Å²) in [7, 11) is 0. The molecule has 3 nitrogen and oxygen atoms in total. The first kappa shape index (κ1) is 21.6.